The molecule has 2 nitrogen and oxygen atoms in total. The Morgan fingerprint density at radius 2 is 1.35 bits per heavy atom. The number of nitrogens with one attached hydrogen (secondary N) is 1. The summed E-state index contributed by atoms with van der Waals surface area (Å²) >= 11 is 0. The lowest BCUT2D eigenvalue weighted by Gasteiger charge is -2.04. The molecule has 0 spiro atoms. The molecule has 2 heteroatoms. The highest BCUT2D eigenvalue weighted by molar-refractivity contribution is 6.14. The largest absolute Gasteiger partial charge is 0.456 e. The smallest absolute Gasteiger partial charge is 0.136 e. The molecule has 0 aliphatic carbocycles. The van der Waals surface area contributed by atoms with Crippen molar-refractivity contribution in [1.29, 1.82) is 0 Å². The number of aromatic nitrogens is 1. The van der Waals surface area contributed by atoms with Gasteiger partial charge in [-0.05, 0) is 41.5 Å². The van der Waals surface area contributed by atoms with Crippen LogP contribution < -0.4 is 0 Å². The molecule has 6 aromatic rings. The highest BCUT2D eigenvalue weighted by atomic mass is 16.3. The Hall–Kier alpha value is -3.52. The molecule has 2 heterocycles. The van der Waals surface area contributed by atoms with E-state index in [1.807, 2.05) is 18.2 Å². The fourth-order valence-corrected chi connectivity index (χ4v) is 4.03. The first kappa shape index (κ1) is 13.7. The van der Waals surface area contributed by atoms with Crippen LogP contribution in [0.3, 0.4) is 0 Å². The third-order valence-electron chi connectivity index (χ3n) is 5.22. The van der Waals surface area contributed by atoms with Gasteiger partial charge in [0.1, 0.15) is 11.2 Å². The van der Waals surface area contributed by atoms with E-state index in [1.165, 1.54) is 38.3 Å². The van der Waals surface area contributed by atoms with E-state index in [0.717, 1.165) is 16.6 Å². The van der Waals surface area contributed by atoms with Crippen LogP contribution in [0.25, 0.3) is 54.9 Å². The maximum atomic E-state index is 6.05. The van der Waals surface area contributed by atoms with Crippen LogP contribution in [-0.4, -0.2) is 4.98 Å². The lowest BCUT2D eigenvalue weighted by atomic mass is 9.98. The minimum atomic E-state index is 0.933. The molecule has 0 radical (unpaired) electrons. The average molecular weight is 333 g/mol. The standard InChI is InChI=1S/C24H15NO/c1-3-9-20-17(6-1)19-14-15(12-13-21(19)25-20)16-8-5-11-23-24(16)18-7-2-4-10-22(18)26-23/h1-14,25H. The molecule has 1 N–H and O–H groups in total. The molecule has 2 aromatic heterocycles. The topological polar surface area (TPSA) is 28.9 Å². The zero-order valence-corrected chi connectivity index (χ0v) is 14.0. The number of benzene rings is 4. The van der Waals surface area contributed by atoms with E-state index >= 15 is 0 Å². The summed E-state index contributed by atoms with van der Waals surface area (Å²) in [5.74, 6) is 0. The van der Waals surface area contributed by atoms with Gasteiger partial charge in [0.2, 0.25) is 0 Å². The molecule has 0 saturated heterocycles. The molecule has 0 amide bonds. The number of hydrogen-bond acceptors (Lipinski definition) is 1. The van der Waals surface area contributed by atoms with E-state index in [9.17, 15) is 0 Å². The van der Waals surface area contributed by atoms with Crippen molar-refractivity contribution in [3.05, 3.63) is 84.9 Å². The number of aromatic amines is 1. The molecule has 0 unspecified atom stereocenters. The quantitative estimate of drug-likeness (QED) is 0.349. The molecule has 4 aromatic carbocycles. The average Bonchev–Trinajstić information content (AvgIpc) is 3.25. The van der Waals surface area contributed by atoms with Gasteiger partial charge in [0.05, 0.1) is 0 Å². The second-order valence-corrected chi connectivity index (χ2v) is 6.71. The van der Waals surface area contributed by atoms with Gasteiger partial charge in [-0.25, -0.2) is 0 Å². The fourth-order valence-electron chi connectivity index (χ4n) is 4.03. The van der Waals surface area contributed by atoms with Gasteiger partial charge in [-0.15, -0.1) is 0 Å². The van der Waals surface area contributed by atoms with E-state index in [2.05, 4.69) is 71.7 Å². The number of furan rings is 1. The minimum Gasteiger partial charge on any atom is -0.456 e. The van der Waals surface area contributed by atoms with E-state index in [1.54, 1.807) is 0 Å². The molecule has 0 bridgehead atoms. The summed E-state index contributed by atoms with van der Waals surface area (Å²) in [6.07, 6.45) is 0. The van der Waals surface area contributed by atoms with Gasteiger partial charge >= 0.3 is 0 Å². The summed E-state index contributed by atoms with van der Waals surface area (Å²) < 4.78 is 6.05. The van der Waals surface area contributed by atoms with Crippen molar-refractivity contribution < 1.29 is 4.42 Å². The van der Waals surface area contributed by atoms with Gasteiger partial charge in [-0.2, -0.15) is 0 Å². The third-order valence-corrected chi connectivity index (χ3v) is 5.22. The van der Waals surface area contributed by atoms with Crippen molar-refractivity contribution in [2.75, 3.05) is 0 Å². The molecule has 0 aliphatic rings. The molecular formula is C24H15NO. The van der Waals surface area contributed by atoms with Crippen molar-refractivity contribution in [2.45, 2.75) is 0 Å². The normalized spacial score (nSPS) is 11.8. The van der Waals surface area contributed by atoms with Crippen molar-refractivity contribution in [1.82, 2.24) is 4.98 Å². The number of fused-ring (bicyclic) bond motifs is 6. The van der Waals surface area contributed by atoms with E-state index in [4.69, 9.17) is 4.42 Å². The number of rotatable bonds is 1. The molecule has 0 saturated carbocycles. The van der Waals surface area contributed by atoms with Crippen LogP contribution in [0.2, 0.25) is 0 Å². The van der Waals surface area contributed by atoms with Crippen molar-refractivity contribution in [2.24, 2.45) is 0 Å². The Balaban J connectivity index is 1.71. The van der Waals surface area contributed by atoms with Crippen LogP contribution in [0, 0.1) is 0 Å². The van der Waals surface area contributed by atoms with Crippen LogP contribution in [-0.2, 0) is 0 Å². The summed E-state index contributed by atoms with van der Waals surface area (Å²) in [5, 5.41) is 4.86. The summed E-state index contributed by atoms with van der Waals surface area (Å²) in [4.78, 5) is 3.50. The Morgan fingerprint density at radius 3 is 2.31 bits per heavy atom. The van der Waals surface area contributed by atoms with Crippen LogP contribution in [0.1, 0.15) is 0 Å². The van der Waals surface area contributed by atoms with Crippen LogP contribution in [0.15, 0.2) is 89.3 Å². The SMILES string of the molecule is c1ccc2c(c1)[nH]c1ccc(-c3cccc4oc5ccccc5c34)cc12. The van der Waals surface area contributed by atoms with E-state index < -0.39 is 0 Å². The minimum absolute atomic E-state index is 0.933. The van der Waals surface area contributed by atoms with Gasteiger partial charge in [-0.1, -0.05) is 54.6 Å². The number of hydrogen-bond donors (Lipinski definition) is 1. The first-order chi connectivity index (χ1) is 12.9. The summed E-state index contributed by atoms with van der Waals surface area (Å²) in [5.41, 5.74) is 6.62. The predicted octanol–water partition coefficient (Wildman–Crippen LogP) is 6.89. The van der Waals surface area contributed by atoms with E-state index in [0.29, 0.717) is 0 Å². The van der Waals surface area contributed by atoms with Gasteiger partial charge in [0.25, 0.3) is 0 Å². The summed E-state index contributed by atoms with van der Waals surface area (Å²) in [6, 6.07) is 29.6. The van der Waals surface area contributed by atoms with Gasteiger partial charge in [0, 0.05) is 32.6 Å². The zero-order valence-electron chi connectivity index (χ0n) is 14.0. The Morgan fingerprint density at radius 1 is 0.577 bits per heavy atom. The van der Waals surface area contributed by atoms with E-state index in [-0.39, 0.29) is 0 Å². The zero-order chi connectivity index (χ0) is 17.1. The lowest BCUT2D eigenvalue weighted by molar-refractivity contribution is 0.669. The summed E-state index contributed by atoms with van der Waals surface area (Å²) in [6.45, 7) is 0. The Bertz CT molecular complexity index is 1430. The van der Waals surface area contributed by atoms with Gasteiger partial charge in [0.15, 0.2) is 0 Å². The highest BCUT2D eigenvalue weighted by Crippen LogP contribution is 2.38. The number of para-hydroxylation sites is 2. The third kappa shape index (κ3) is 1.81. The fraction of sp³-hybridized carbons (Fsp3) is 0. The molecule has 26 heavy (non-hydrogen) atoms. The van der Waals surface area contributed by atoms with Gasteiger partial charge < -0.3 is 9.40 Å². The first-order valence-corrected chi connectivity index (χ1v) is 8.79. The Labute approximate surface area is 149 Å². The van der Waals surface area contributed by atoms with Crippen molar-refractivity contribution in [3.63, 3.8) is 0 Å². The van der Waals surface area contributed by atoms with Crippen molar-refractivity contribution >= 4 is 43.7 Å². The number of H-pyrrole nitrogens is 1. The molecule has 0 atom stereocenters. The van der Waals surface area contributed by atoms with Gasteiger partial charge in [-0.3, -0.25) is 0 Å². The predicted molar refractivity (Wildman–Crippen MR) is 109 cm³/mol. The molecule has 122 valence electrons. The first-order valence-electron chi connectivity index (χ1n) is 8.79. The highest BCUT2D eigenvalue weighted by Gasteiger charge is 2.13. The van der Waals surface area contributed by atoms with Crippen LogP contribution >= 0.6 is 0 Å². The van der Waals surface area contributed by atoms with Crippen LogP contribution in [0.5, 0.6) is 0 Å². The second-order valence-electron chi connectivity index (χ2n) is 6.71. The Kier molecular flexibility index (Phi) is 2.64. The second kappa shape index (κ2) is 4.99. The lowest BCUT2D eigenvalue weighted by Crippen LogP contribution is -1.80. The monoisotopic (exact) mass is 333 g/mol. The molecule has 6 rings (SSSR count). The summed E-state index contributed by atoms with van der Waals surface area (Å²) in [7, 11) is 0. The maximum Gasteiger partial charge on any atom is 0.136 e. The molecule has 0 aliphatic heterocycles. The van der Waals surface area contributed by atoms with Crippen LogP contribution in [0.4, 0.5) is 0 Å². The molecular weight excluding hydrogens is 318 g/mol. The molecule has 0 fully saturated rings. The maximum absolute atomic E-state index is 6.05. The van der Waals surface area contributed by atoms with Crippen molar-refractivity contribution in [3.8, 4) is 11.1 Å².